The summed E-state index contributed by atoms with van der Waals surface area (Å²) in [5.74, 6) is -1.20. The third kappa shape index (κ3) is 2.40. The van der Waals surface area contributed by atoms with Gasteiger partial charge in [-0.2, -0.15) is 0 Å². The molecule has 6 nitrogen and oxygen atoms in total. The SMILES string of the molecule is COc1ccc(Cl)c(CC(=O)O)c1[N+](=O)[O-]. The number of carbonyl (C=O) groups is 1. The molecule has 0 atom stereocenters. The molecule has 0 radical (unpaired) electrons. The Hall–Kier alpha value is -1.82. The predicted molar refractivity (Wildman–Crippen MR) is 56.0 cm³/mol. The smallest absolute Gasteiger partial charge is 0.316 e. The number of carboxylic acids is 1. The zero-order chi connectivity index (χ0) is 12.3. The fraction of sp³-hybridized carbons (Fsp3) is 0.222. The maximum Gasteiger partial charge on any atom is 0.316 e. The first kappa shape index (κ1) is 12.3. The van der Waals surface area contributed by atoms with Gasteiger partial charge in [0.15, 0.2) is 5.75 Å². The Morgan fingerprint density at radius 2 is 2.25 bits per heavy atom. The Balaban J connectivity index is 3.41. The standard InChI is InChI=1S/C9H8ClNO5/c1-16-7-3-2-6(10)5(4-8(12)13)9(7)11(14)15/h2-3H,4H2,1H3,(H,12,13). The van der Waals surface area contributed by atoms with E-state index in [0.717, 1.165) is 0 Å². The molecule has 7 heteroatoms. The number of hydrogen-bond donors (Lipinski definition) is 1. The average molecular weight is 246 g/mol. The number of carboxylic acid groups (broad SMARTS) is 1. The highest BCUT2D eigenvalue weighted by molar-refractivity contribution is 6.32. The maximum atomic E-state index is 10.8. The average Bonchev–Trinajstić information content (AvgIpc) is 2.19. The van der Waals surface area contributed by atoms with Crippen molar-refractivity contribution in [1.82, 2.24) is 0 Å². The highest BCUT2D eigenvalue weighted by atomic mass is 35.5. The van der Waals surface area contributed by atoms with E-state index in [2.05, 4.69) is 0 Å². The van der Waals surface area contributed by atoms with Crippen molar-refractivity contribution in [2.45, 2.75) is 6.42 Å². The van der Waals surface area contributed by atoms with Gasteiger partial charge in [-0.3, -0.25) is 14.9 Å². The summed E-state index contributed by atoms with van der Waals surface area (Å²) in [5.41, 5.74) is -0.462. The van der Waals surface area contributed by atoms with Gasteiger partial charge in [0.05, 0.1) is 29.0 Å². The number of benzene rings is 1. The zero-order valence-electron chi connectivity index (χ0n) is 8.27. The number of rotatable bonds is 4. The van der Waals surface area contributed by atoms with Crippen molar-refractivity contribution in [3.63, 3.8) is 0 Å². The molecule has 0 amide bonds. The van der Waals surface area contributed by atoms with E-state index in [-0.39, 0.29) is 16.3 Å². The van der Waals surface area contributed by atoms with Gasteiger partial charge in [-0.05, 0) is 12.1 Å². The van der Waals surface area contributed by atoms with E-state index in [4.69, 9.17) is 21.4 Å². The van der Waals surface area contributed by atoms with Crippen molar-refractivity contribution in [2.75, 3.05) is 7.11 Å². The minimum atomic E-state index is -1.20. The van der Waals surface area contributed by atoms with Gasteiger partial charge >= 0.3 is 11.7 Å². The fourth-order valence-corrected chi connectivity index (χ4v) is 1.49. The molecule has 86 valence electrons. The molecule has 0 saturated heterocycles. The summed E-state index contributed by atoms with van der Waals surface area (Å²) in [5, 5.41) is 19.5. The third-order valence-corrected chi connectivity index (χ3v) is 2.27. The summed E-state index contributed by atoms with van der Waals surface area (Å²) in [7, 11) is 1.26. The second kappa shape index (κ2) is 4.80. The normalized spacial score (nSPS) is 9.88. The molecule has 1 N–H and O–H groups in total. The number of nitro groups is 1. The van der Waals surface area contributed by atoms with E-state index in [1.807, 2.05) is 0 Å². The Labute approximate surface area is 95.6 Å². The lowest BCUT2D eigenvalue weighted by Crippen LogP contribution is -2.06. The number of methoxy groups -OCH3 is 1. The molecule has 0 aliphatic heterocycles. The molecule has 1 aromatic rings. The summed E-state index contributed by atoms with van der Waals surface area (Å²) < 4.78 is 4.79. The zero-order valence-corrected chi connectivity index (χ0v) is 9.02. The second-order valence-corrected chi connectivity index (χ2v) is 3.31. The number of ether oxygens (including phenoxy) is 1. The van der Waals surface area contributed by atoms with E-state index >= 15 is 0 Å². The molecule has 1 aromatic carbocycles. The Morgan fingerprint density at radius 3 is 2.69 bits per heavy atom. The van der Waals surface area contributed by atoms with Crippen molar-refractivity contribution in [3.05, 3.63) is 32.8 Å². The molecule has 0 bridgehead atoms. The van der Waals surface area contributed by atoms with Crippen molar-refractivity contribution in [3.8, 4) is 5.75 Å². The molecule has 0 fully saturated rings. The highest BCUT2D eigenvalue weighted by Crippen LogP contribution is 2.35. The first-order valence-corrected chi connectivity index (χ1v) is 4.56. The van der Waals surface area contributed by atoms with Crippen molar-refractivity contribution < 1.29 is 19.6 Å². The van der Waals surface area contributed by atoms with Crippen LogP contribution in [0.25, 0.3) is 0 Å². The summed E-state index contributed by atoms with van der Waals surface area (Å²) in [4.78, 5) is 20.7. The van der Waals surface area contributed by atoms with Crippen LogP contribution in [0, 0.1) is 10.1 Å². The minimum absolute atomic E-state index is 0.00866. The number of halogens is 1. The first-order chi connectivity index (χ1) is 7.47. The lowest BCUT2D eigenvalue weighted by molar-refractivity contribution is -0.386. The van der Waals surface area contributed by atoms with Crippen LogP contribution in [0.15, 0.2) is 12.1 Å². The Morgan fingerprint density at radius 1 is 1.62 bits per heavy atom. The van der Waals surface area contributed by atoms with E-state index < -0.39 is 23.0 Å². The van der Waals surface area contributed by atoms with Gasteiger partial charge in [0.25, 0.3) is 0 Å². The van der Waals surface area contributed by atoms with Gasteiger partial charge in [0.2, 0.25) is 0 Å². The molecule has 1 rings (SSSR count). The van der Waals surface area contributed by atoms with E-state index in [1.165, 1.54) is 19.2 Å². The minimum Gasteiger partial charge on any atom is -0.490 e. The molecular formula is C9H8ClNO5. The van der Waals surface area contributed by atoms with Crippen LogP contribution in [0.2, 0.25) is 5.02 Å². The van der Waals surface area contributed by atoms with Crippen LogP contribution < -0.4 is 4.74 Å². The predicted octanol–water partition coefficient (Wildman–Crippen LogP) is 1.88. The molecule has 0 saturated carbocycles. The first-order valence-electron chi connectivity index (χ1n) is 4.19. The van der Waals surface area contributed by atoms with Crippen LogP contribution in [-0.4, -0.2) is 23.1 Å². The number of nitro benzene ring substituents is 1. The van der Waals surface area contributed by atoms with E-state index in [9.17, 15) is 14.9 Å². The lowest BCUT2D eigenvalue weighted by atomic mass is 10.1. The summed E-state index contributed by atoms with van der Waals surface area (Å²) in [6.45, 7) is 0. The number of aliphatic carboxylic acids is 1. The van der Waals surface area contributed by atoms with Crippen molar-refractivity contribution >= 4 is 23.3 Å². The lowest BCUT2D eigenvalue weighted by Gasteiger charge is -2.07. The van der Waals surface area contributed by atoms with Gasteiger partial charge in [0, 0.05) is 0 Å². The summed E-state index contributed by atoms with van der Waals surface area (Å²) in [6, 6.07) is 2.69. The molecule has 0 spiro atoms. The molecule has 0 unspecified atom stereocenters. The quantitative estimate of drug-likeness (QED) is 0.646. The van der Waals surface area contributed by atoms with Crippen LogP contribution in [-0.2, 0) is 11.2 Å². The van der Waals surface area contributed by atoms with Crippen LogP contribution >= 0.6 is 11.6 Å². The summed E-state index contributed by atoms with van der Waals surface area (Å²) >= 11 is 5.72. The molecule has 0 aliphatic rings. The van der Waals surface area contributed by atoms with Gasteiger partial charge in [-0.25, -0.2) is 0 Å². The highest BCUT2D eigenvalue weighted by Gasteiger charge is 2.24. The largest absolute Gasteiger partial charge is 0.490 e. The topological polar surface area (TPSA) is 89.7 Å². The van der Waals surface area contributed by atoms with E-state index in [1.54, 1.807) is 0 Å². The van der Waals surface area contributed by atoms with Gasteiger partial charge in [-0.1, -0.05) is 11.6 Å². The van der Waals surface area contributed by atoms with Crippen LogP contribution in [0.3, 0.4) is 0 Å². The number of nitrogens with zero attached hydrogens (tertiary/aromatic N) is 1. The Kier molecular flexibility index (Phi) is 3.68. The molecule has 0 aromatic heterocycles. The van der Waals surface area contributed by atoms with Gasteiger partial charge in [0.1, 0.15) is 0 Å². The monoisotopic (exact) mass is 245 g/mol. The van der Waals surface area contributed by atoms with Crippen LogP contribution in [0.1, 0.15) is 5.56 Å². The van der Waals surface area contributed by atoms with Crippen molar-refractivity contribution in [2.24, 2.45) is 0 Å². The summed E-state index contributed by atoms with van der Waals surface area (Å²) in [6.07, 6.45) is -0.521. The third-order valence-electron chi connectivity index (χ3n) is 1.92. The van der Waals surface area contributed by atoms with Crippen molar-refractivity contribution in [1.29, 1.82) is 0 Å². The van der Waals surface area contributed by atoms with Gasteiger partial charge < -0.3 is 9.84 Å². The second-order valence-electron chi connectivity index (χ2n) is 2.90. The van der Waals surface area contributed by atoms with Crippen LogP contribution in [0.5, 0.6) is 5.75 Å². The Bertz CT molecular complexity index is 446. The van der Waals surface area contributed by atoms with Gasteiger partial charge in [-0.15, -0.1) is 0 Å². The van der Waals surface area contributed by atoms with E-state index in [0.29, 0.717) is 0 Å². The maximum absolute atomic E-state index is 10.8. The number of hydrogen-bond acceptors (Lipinski definition) is 4. The molecule has 0 heterocycles. The molecule has 0 aliphatic carbocycles. The molecule has 16 heavy (non-hydrogen) atoms. The van der Waals surface area contributed by atoms with Crippen LogP contribution in [0.4, 0.5) is 5.69 Å². The fourth-order valence-electron chi connectivity index (χ4n) is 1.27. The molecular weight excluding hydrogens is 238 g/mol.